The molecule has 1 aliphatic carbocycles. The summed E-state index contributed by atoms with van der Waals surface area (Å²) in [6.45, 7) is 4.01. The largest absolute Gasteiger partial charge is 0.393 e. The third kappa shape index (κ3) is 6.01. The van der Waals surface area contributed by atoms with Crippen LogP contribution >= 0.6 is 31.9 Å². The Hall–Kier alpha value is -0.680. The second-order valence-electron chi connectivity index (χ2n) is 9.26. The van der Waals surface area contributed by atoms with Gasteiger partial charge in [0.1, 0.15) is 0 Å². The van der Waals surface area contributed by atoms with Crippen molar-refractivity contribution in [2.24, 2.45) is 0 Å². The highest BCUT2D eigenvalue weighted by Gasteiger charge is 2.42. The molecule has 2 unspecified atom stereocenters. The van der Waals surface area contributed by atoms with Gasteiger partial charge >= 0.3 is 0 Å². The molecule has 31 heavy (non-hydrogen) atoms. The van der Waals surface area contributed by atoms with Crippen molar-refractivity contribution >= 4 is 31.9 Å². The SMILES string of the molecule is CCCCCCCCC1(CCC(O)CC(C)O)c2cc(Br)ccc2-c2ccc(Br)cc21. The van der Waals surface area contributed by atoms with Gasteiger partial charge in [-0.05, 0) is 79.1 Å². The van der Waals surface area contributed by atoms with Gasteiger partial charge < -0.3 is 10.2 Å². The summed E-state index contributed by atoms with van der Waals surface area (Å²) in [5, 5.41) is 20.3. The third-order valence-corrected chi connectivity index (χ3v) is 7.75. The second-order valence-corrected chi connectivity index (χ2v) is 11.1. The molecule has 0 fully saturated rings. The molecule has 2 aromatic carbocycles. The van der Waals surface area contributed by atoms with Gasteiger partial charge in [-0.3, -0.25) is 0 Å². The Morgan fingerprint density at radius 2 is 1.35 bits per heavy atom. The van der Waals surface area contributed by atoms with Crippen molar-refractivity contribution in [1.82, 2.24) is 0 Å². The highest BCUT2D eigenvalue weighted by molar-refractivity contribution is 9.10. The summed E-state index contributed by atoms with van der Waals surface area (Å²) < 4.78 is 2.21. The molecule has 2 N–H and O–H groups in total. The smallest absolute Gasteiger partial charge is 0.0565 e. The van der Waals surface area contributed by atoms with Gasteiger partial charge in [0.15, 0.2) is 0 Å². The first-order valence-corrected chi connectivity index (χ1v) is 13.4. The minimum Gasteiger partial charge on any atom is -0.393 e. The Morgan fingerprint density at radius 1 is 0.806 bits per heavy atom. The van der Waals surface area contributed by atoms with E-state index < -0.39 is 12.2 Å². The number of rotatable bonds is 12. The summed E-state index contributed by atoms with van der Waals surface area (Å²) in [7, 11) is 0. The molecule has 0 aromatic heterocycles. The van der Waals surface area contributed by atoms with Gasteiger partial charge in [0, 0.05) is 14.4 Å². The van der Waals surface area contributed by atoms with E-state index in [1.165, 1.54) is 60.8 Å². The van der Waals surface area contributed by atoms with Crippen molar-refractivity contribution in [3.63, 3.8) is 0 Å². The maximum Gasteiger partial charge on any atom is 0.0565 e. The number of aliphatic hydroxyl groups excluding tert-OH is 2. The molecule has 0 saturated heterocycles. The Bertz CT molecular complexity index is 811. The van der Waals surface area contributed by atoms with E-state index in [0.717, 1.165) is 21.8 Å². The number of aliphatic hydroxyl groups is 2. The van der Waals surface area contributed by atoms with Gasteiger partial charge in [0.2, 0.25) is 0 Å². The summed E-state index contributed by atoms with van der Waals surface area (Å²) in [5.74, 6) is 0. The van der Waals surface area contributed by atoms with Crippen LogP contribution in [-0.2, 0) is 5.41 Å². The van der Waals surface area contributed by atoms with E-state index in [1.54, 1.807) is 6.92 Å². The standard InChI is InChI=1S/C27H36Br2O2/c1-3-4-5-6-7-8-14-27(15-13-22(31)16-19(2)30)25-17-20(28)9-11-23(25)24-12-10-21(29)18-26(24)27/h9-12,17-19,22,30-31H,3-8,13-16H2,1-2H3. The van der Waals surface area contributed by atoms with Gasteiger partial charge in [-0.1, -0.05) is 89.4 Å². The van der Waals surface area contributed by atoms with Crippen molar-refractivity contribution in [2.45, 2.75) is 95.7 Å². The van der Waals surface area contributed by atoms with Crippen LogP contribution in [0.15, 0.2) is 45.3 Å². The van der Waals surface area contributed by atoms with Crippen LogP contribution < -0.4 is 0 Å². The lowest BCUT2D eigenvalue weighted by atomic mass is 9.70. The number of hydrogen-bond acceptors (Lipinski definition) is 2. The predicted molar refractivity (Wildman–Crippen MR) is 138 cm³/mol. The molecule has 2 aromatic rings. The van der Waals surface area contributed by atoms with E-state index in [9.17, 15) is 10.2 Å². The molecule has 4 heteroatoms. The van der Waals surface area contributed by atoms with Crippen LogP contribution in [0.1, 0.15) is 89.2 Å². The van der Waals surface area contributed by atoms with Gasteiger partial charge in [-0.25, -0.2) is 0 Å². The number of benzene rings is 2. The first-order chi connectivity index (χ1) is 14.9. The zero-order chi connectivity index (χ0) is 22.4. The molecular weight excluding hydrogens is 516 g/mol. The molecule has 2 nitrogen and oxygen atoms in total. The number of fused-ring (bicyclic) bond motifs is 3. The molecule has 0 aliphatic heterocycles. The van der Waals surface area contributed by atoms with Gasteiger partial charge in [-0.15, -0.1) is 0 Å². The number of halogens is 2. The summed E-state index contributed by atoms with van der Waals surface area (Å²) >= 11 is 7.41. The van der Waals surface area contributed by atoms with Gasteiger partial charge in [0.25, 0.3) is 0 Å². The van der Waals surface area contributed by atoms with Crippen LogP contribution in [0.3, 0.4) is 0 Å². The Balaban J connectivity index is 1.94. The Kier molecular flexibility index (Phi) is 9.22. The first-order valence-electron chi connectivity index (χ1n) is 11.8. The average molecular weight is 552 g/mol. The minimum atomic E-state index is -0.478. The van der Waals surface area contributed by atoms with Gasteiger partial charge in [0.05, 0.1) is 12.2 Å². The molecule has 1 aliphatic rings. The van der Waals surface area contributed by atoms with E-state index in [4.69, 9.17) is 0 Å². The molecule has 0 spiro atoms. The summed E-state index contributed by atoms with van der Waals surface area (Å²) in [5.41, 5.74) is 5.31. The normalized spacial score (nSPS) is 16.1. The van der Waals surface area contributed by atoms with Gasteiger partial charge in [-0.2, -0.15) is 0 Å². The highest BCUT2D eigenvalue weighted by Crippen LogP contribution is 2.55. The van der Waals surface area contributed by atoms with Crippen LogP contribution in [0, 0.1) is 0 Å². The molecule has 0 radical (unpaired) electrons. The predicted octanol–water partition coefficient (Wildman–Crippen LogP) is 8.14. The second kappa shape index (κ2) is 11.4. The lowest BCUT2D eigenvalue weighted by Crippen LogP contribution is -2.28. The zero-order valence-corrected chi connectivity index (χ0v) is 22.0. The maximum atomic E-state index is 10.6. The monoisotopic (exact) mass is 550 g/mol. The maximum absolute atomic E-state index is 10.6. The Labute approximate surface area is 204 Å². The molecule has 0 saturated carbocycles. The van der Waals surface area contributed by atoms with E-state index in [2.05, 4.69) is 75.2 Å². The molecule has 0 amide bonds. The van der Waals surface area contributed by atoms with E-state index in [-0.39, 0.29) is 5.41 Å². The number of hydrogen-bond donors (Lipinski definition) is 2. The summed E-state index contributed by atoms with van der Waals surface area (Å²) in [4.78, 5) is 0. The zero-order valence-electron chi connectivity index (χ0n) is 18.8. The van der Waals surface area contributed by atoms with Crippen LogP contribution in [0.4, 0.5) is 0 Å². The topological polar surface area (TPSA) is 40.5 Å². The fourth-order valence-corrected chi connectivity index (χ4v) is 5.96. The van der Waals surface area contributed by atoms with E-state index in [0.29, 0.717) is 12.8 Å². The minimum absolute atomic E-state index is 0.0946. The lowest BCUT2D eigenvalue weighted by Gasteiger charge is -2.34. The molecule has 2 atom stereocenters. The van der Waals surface area contributed by atoms with Crippen LogP contribution in [0.2, 0.25) is 0 Å². The quantitative estimate of drug-likeness (QED) is 0.261. The molecule has 170 valence electrons. The van der Waals surface area contributed by atoms with Crippen molar-refractivity contribution in [3.05, 3.63) is 56.5 Å². The molecule has 3 rings (SSSR count). The van der Waals surface area contributed by atoms with Crippen molar-refractivity contribution in [2.75, 3.05) is 0 Å². The fraction of sp³-hybridized carbons (Fsp3) is 0.556. The molecule has 0 bridgehead atoms. The molecule has 0 heterocycles. The summed E-state index contributed by atoms with van der Waals surface area (Å²) in [6, 6.07) is 13.3. The van der Waals surface area contributed by atoms with Crippen molar-refractivity contribution in [3.8, 4) is 11.1 Å². The van der Waals surface area contributed by atoms with Crippen LogP contribution in [0.5, 0.6) is 0 Å². The van der Waals surface area contributed by atoms with E-state index in [1.807, 2.05) is 0 Å². The lowest BCUT2D eigenvalue weighted by molar-refractivity contribution is 0.0798. The highest BCUT2D eigenvalue weighted by atomic mass is 79.9. The van der Waals surface area contributed by atoms with Crippen LogP contribution in [0.25, 0.3) is 11.1 Å². The average Bonchev–Trinajstić information content (AvgIpc) is 2.97. The van der Waals surface area contributed by atoms with Crippen molar-refractivity contribution in [1.29, 1.82) is 0 Å². The van der Waals surface area contributed by atoms with Crippen LogP contribution in [-0.4, -0.2) is 22.4 Å². The number of unbranched alkanes of at least 4 members (excludes halogenated alkanes) is 5. The third-order valence-electron chi connectivity index (χ3n) is 6.76. The fourth-order valence-electron chi connectivity index (χ4n) is 5.24. The van der Waals surface area contributed by atoms with E-state index >= 15 is 0 Å². The molecular formula is C27H36Br2O2. The van der Waals surface area contributed by atoms with Crippen molar-refractivity contribution < 1.29 is 10.2 Å². The first kappa shape index (κ1) is 25.0. The summed E-state index contributed by atoms with van der Waals surface area (Å²) in [6.07, 6.45) is 9.81. The Morgan fingerprint density at radius 3 is 1.90 bits per heavy atom.